The molecule has 5 rings (SSSR count). The number of ether oxygens (including phenoxy) is 1. The van der Waals surface area contributed by atoms with Crippen molar-refractivity contribution >= 4 is 38.9 Å². The highest BCUT2D eigenvalue weighted by atomic mass is 35.5. The van der Waals surface area contributed by atoms with Gasteiger partial charge in [0.05, 0.1) is 12.1 Å². The van der Waals surface area contributed by atoms with Crippen LogP contribution in [0.3, 0.4) is 0 Å². The summed E-state index contributed by atoms with van der Waals surface area (Å²) in [5.41, 5.74) is 4.07. The molecule has 0 spiro atoms. The van der Waals surface area contributed by atoms with E-state index in [1.165, 1.54) is 17.8 Å². The Balaban J connectivity index is 1.53. The Hall–Kier alpha value is -2.89. The number of carbonyl (C=O) groups is 1. The zero-order chi connectivity index (χ0) is 24.4. The molecular formula is C29H29ClN2O2S. The Morgan fingerprint density at radius 3 is 2.57 bits per heavy atom. The first-order valence-electron chi connectivity index (χ1n) is 12.1. The lowest BCUT2D eigenvalue weighted by atomic mass is 9.93. The van der Waals surface area contributed by atoms with E-state index >= 15 is 0 Å². The Kier molecular flexibility index (Phi) is 7.07. The average Bonchev–Trinajstić information content (AvgIpc) is 3.24. The standard InChI is InChI=1S/C29H29ClN2O2S/c1-19-12-13-21(17-31-19)20-14-15-25(34-2)22(16-20)18-32(23-8-4-3-5-9-23)29(33)28-27(30)24-10-6-7-11-26(24)35-28/h6-7,10-17,23H,3-5,8-9,18H2,1-2H3. The molecule has 0 radical (unpaired) electrons. The van der Waals surface area contributed by atoms with Crippen LogP contribution in [-0.4, -0.2) is 28.9 Å². The van der Waals surface area contributed by atoms with Crippen LogP contribution >= 0.6 is 22.9 Å². The fourth-order valence-corrected chi connectivity index (χ4v) is 6.41. The van der Waals surface area contributed by atoms with Crippen LogP contribution in [0.4, 0.5) is 0 Å². The number of nitrogens with zero attached hydrogens (tertiary/aromatic N) is 2. The van der Waals surface area contributed by atoms with Gasteiger partial charge < -0.3 is 9.64 Å². The maximum absolute atomic E-state index is 14.0. The Morgan fingerprint density at radius 2 is 1.86 bits per heavy atom. The molecule has 6 heteroatoms. The Morgan fingerprint density at radius 1 is 1.09 bits per heavy atom. The Labute approximate surface area is 215 Å². The zero-order valence-electron chi connectivity index (χ0n) is 20.1. The number of benzene rings is 2. The van der Waals surface area contributed by atoms with Crippen molar-refractivity contribution in [1.82, 2.24) is 9.88 Å². The zero-order valence-corrected chi connectivity index (χ0v) is 21.7. The number of aryl methyl sites for hydroxylation is 1. The summed E-state index contributed by atoms with van der Waals surface area (Å²) < 4.78 is 6.76. The minimum Gasteiger partial charge on any atom is -0.496 e. The first-order chi connectivity index (χ1) is 17.0. The number of aromatic nitrogens is 1. The van der Waals surface area contributed by atoms with Gasteiger partial charge in [-0.2, -0.15) is 0 Å². The van der Waals surface area contributed by atoms with E-state index in [2.05, 4.69) is 17.1 Å². The third-order valence-corrected chi connectivity index (χ3v) is 8.53. The third-order valence-electron chi connectivity index (χ3n) is 6.87. The second kappa shape index (κ2) is 10.4. The summed E-state index contributed by atoms with van der Waals surface area (Å²) in [6.45, 7) is 2.46. The lowest BCUT2D eigenvalue weighted by Gasteiger charge is -2.34. The number of carbonyl (C=O) groups excluding carboxylic acids is 1. The molecule has 4 aromatic rings. The van der Waals surface area contributed by atoms with Gasteiger partial charge >= 0.3 is 0 Å². The summed E-state index contributed by atoms with van der Waals surface area (Å²) in [4.78, 5) is 21.1. The van der Waals surface area contributed by atoms with Crippen LogP contribution in [-0.2, 0) is 6.54 Å². The van der Waals surface area contributed by atoms with Gasteiger partial charge in [-0.25, -0.2) is 0 Å². The molecule has 2 aromatic heterocycles. The van der Waals surface area contributed by atoms with Gasteiger partial charge in [0.15, 0.2) is 0 Å². The van der Waals surface area contributed by atoms with Crippen LogP contribution in [0.5, 0.6) is 5.75 Å². The number of halogens is 1. The van der Waals surface area contributed by atoms with Gasteiger partial charge in [0.2, 0.25) is 0 Å². The fourth-order valence-electron chi connectivity index (χ4n) is 4.95. The SMILES string of the molecule is COc1ccc(-c2ccc(C)nc2)cc1CN(C(=O)c1sc2ccccc2c1Cl)C1CCCCC1. The van der Waals surface area contributed by atoms with Crippen molar-refractivity contribution < 1.29 is 9.53 Å². The number of methoxy groups -OCH3 is 1. The summed E-state index contributed by atoms with van der Waals surface area (Å²) in [6, 6.07) is 18.4. The molecule has 1 saturated carbocycles. The number of fused-ring (bicyclic) bond motifs is 1. The number of hydrogen-bond acceptors (Lipinski definition) is 4. The molecule has 180 valence electrons. The number of hydrogen-bond donors (Lipinski definition) is 0. The number of thiophene rings is 1. The average molecular weight is 505 g/mol. The molecule has 2 heterocycles. The topological polar surface area (TPSA) is 42.4 Å². The first kappa shape index (κ1) is 23.8. The summed E-state index contributed by atoms with van der Waals surface area (Å²) in [7, 11) is 1.68. The van der Waals surface area contributed by atoms with E-state index in [1.54, 1.807) is 7.11 Å². The Bertz CT molecular complexity index is 1340. The summed E-state index contributed by atoms with van der Waals surface area (Å²) in [5.74, 6) is 0.789. The van der Waals surface area contributed by atoms with Crippen LogP contribution in [0.15, 0.2) is 60.8 Å². The van der Waals surface area contributed by atoms with Gasteiger partial charge in [-0.15, -0.1) is 11.3 Å². The van der Waals surface area contributed by atoms with E-state index in [-0.39, 0.29) is 11.9 Å². The predicted octanol–water partition coefficient (Wildman–Crippen LogP) is 7.91. The van der Waals surface area contributed by atoms with Gasteiger partial charge in [-0.05, 0) is 49.6 Å². The lowest BCUT2D eigenvalue weighted by Crippen LogP contribution is -2.40. The van der Waals surface area contributed by atoms with Crippen LogP contribution < -0.4 is 4.74 Å². The lowest BCUT2D eigenvalue weighted by molar-refractivity contribution is 0.0618. The normalized spacial score (nSPS) is 14.3. The fraction of sp³-hybridized carbons (Fsp3) is 0.310. The maximum atomic E-state index is 14.0. The second-order valence-electron chi connectivity index (χ2n) is 9.18. The van der Waals surface area contributed by atoms with Gasteiger partial charge in [0.1, 0.15) is 10.6 Å². The van der Waals surface area contributed by atoms with E-state index in [0.717, 1.165) is 63.9 Å². The third kappa shape index (κ3) is 4.93. The van der Waals surface area contributed by atoms with Crippen molar-refractivity contribution in [2.24, 2.45) is 0 Å². The quantitative estimate of drug-likeness (QED) is 0.268. The minimum absolute atomic E-state index is 0.00700. The van der Waals surface area contributed by atoms with Gasteiger partial charge in [0, 0.05) is 45.7 Å². The van der Waals surface area contributed by atoms with E-state index in [4.69, 9.17) is 16.3 Å². The predicted molar refractivity (Wildman–Crippen MR) is 145 cm³/mol. The minimum atomic E-state index is 0.00700. The van der Waals surface area contributed by atoms with E-state index in [1.807, 2.05) is 60.5 Å². The summed E-state index contributed by atoms with van der Waals surface area (Å²) in [6.07, 6.45) is 7.42. The van der Waals surface area contributed by atoms with Crippen molar-refractivity contribution in [2.75, 3.05) is 7.11 Å². The molecule has 1 aliphatic rings. The van der Waals surface area contributed by atoms with Crippen molar-refractivity contribution in [2.45, 2.75) is 51.6 Å². The summed E-state index contributed by atoms with van der Waals surface area (Å²) >= 11 is 8.23. The van der Waals surface area contributed by atoms with Crippen molar-refractivity contribution in [3.63, 3.8) is 0 Å². The van der Waals surface area contributed by atoms with Gasteiger partial charge in [-0.1, -0.05) is 61.2 Å². The molecule has 0 N–H and O–H groups in total. The molecule has 1 fully saturated rings. The number of amides is 1. The van der Waals surface area contributed by atoms with Crippen LogP contribution in [0.1, 0.15) is 53.0 Å². The van der Waals surface area contributed by atoms with Gasteiger partial charge in [0.25, 0.3) is 5.91 Å². The number of pyridine rings is 1. The molecule has 35 heavy (non-hydrogen) atoms. The van der Waals surface area contributed by atoms with Crippen LogP contribution in [0.2, 0.25) is 5.02 Å². The van der Waals surface area contributed by atoms with Gasteiger partial charge in [-0.3, -0.25) is 9.78 Å². The molecule has 0 aliphatic heterocycles. The molecule has 0 atom stereocenters. The molecule has 2 aromatic carbocycles. The molecular weight excluding hydrogens is 476 g/mol. The number of rotatable bonds is 6. The summed E-state index contributed by atoms with van der Waals surface area (Å²) in [5, 5.41) is 1.50. The largest absolute Gasteiger partial charge is 0.496 e. The highest BCUT2D eigenvalue weighted by Crippen LogP contribution is 2.38. The first-order valence-corrected chi connectivity index (χ1v) is 13.3. The monoisotopic (exact) mass is 504 g/mol. The van der Waals surface area contributed by atoms with E-state index in [9.17, 15) is 4.79 Å². The molecule has 1 aliphatic carbocycles. The maximum Gasteiger partial charge on any atom is 0.266 e. The van der Waals surface area contributed by atoms with E-state index in [0.29, 0.717) is 16.4 Å². The highest BCUT2D eigenvalue weighted by Gasteiger charge is 2.30. The molecule has 0 saturated heterocycles. The highest BCUT2D eigenvalue weighted by molar-refractivity contribution is 7.21. The van der Waals surface area contributed by atoms with Crippen molar-refractivity contribution in [3.05, 3.63) is 82.0 Å². The smallest absolute Gasteiger partial charge is 0.266 e. The molecule has 1 amide bonds. The van der Waals surface area contributed by atoms with Crippen LogP contribution in [0.25, 0.3) is 21.2 Å². The second-order valence-corrected chi connectivity index (χ2v) is 10.6. The molecule has 0 unspecified atom stereocenters. The van der Waals surface area contributed by atoms with E-state index < -0.39 is 0 Å². The molecule has 4 nitrogen and oxygen atoms in total. The molecule has 0 bridgehead atoms. The van der Waals surface area contributed by atoms with Crippen molar-refractivity contribution in [3.8, 4) is 16.9 Å². The van der Waals surface area contributed by atoms with Crippen LogP contribution in [0, 0.1) is 6.92 Å². The van der Waals surface area contributed by atoms with Crippen molar-refractivity contribution in [1.29, 1.82) is 0 Å².